The van der Waals surface area contributed by atoms with Crippen LogP contribution in [0.1, 0.15) is 0 Å². The number of benzene rings is 2. The molecule has 4 nitrogen and oxygen atoms in total. The molecule has 130 valence electrons. The van der Waals surface area contributed by atoms with Crippen LogP contribution < -0.4 is 9.47 Å². The minimum Gasteiger partial charge on any atom is -0.457 e. The fourth-order valence-corrected chi connectivity index (χ4v) is 2.63. The molecule has 2 aromatic carbocycles. The van der Waals surface area contributed by atoms with Crippen LogP contribution in [0.3, 0.4) is 0 Å². The molecule has 1 heterocycles. The van der Waals surface area contributed by atoms with Gasteiger partial charge in [-0.05, 0) is 40.5 Å². The van der Waals surface area contributed by atoms with Gasteiger partial charge < -0.3 is 9.47 Å². The van der Waals surface area contributed by atoms with E-state index >= 15 is 0 Å². The number of aromatic nitrogens is 1. The van der Waals surface area contributed by atoms with E-state index in [0.717, 1.165) is 17.0 Å². The van der Waals surface area contributed by atoms with Crippen molar-refractivity contribution in [1.82, 2.24) is 4.98 Å². The van der Waals surface area contributed by atoms with Crippen LogP contribution in [0.5, 0.6) is 17.2 Å². The number of halogens is 1. The molecule has 0 radical (unpaired) electrons. The molecule has 1 aromatic heterocycles. The van der Waals surface area contributed by atoms with E-state index in [9.17, 15) is 0 Å². The number of pyridine rings is 1. The van der Waals surface area contributed by atoms with Crippen molar-refractivity contribution < 1.29 is 9.47 Å². The van der Waals surface area contributed by atoms with Crippen molar-refractivity contribution in [2.75, 3.05) is 7.05 Å². The minimum absolute atomic E-state index is 0.536. The molecule has 3 rings (SSSR count). The van der Waals surface area contributed by atoms with Crippen LogP contribution in [0.15, 0.2) is 88.1 Å². The number of hydrogen-bond donors (Lipinski definition) is 0. The molecule has 3 aromatic rings. The Morgan fingerprint density at radius 2 is 1.73 bits per heavy atom. The summed E-state index contributed by atoms with van der Waals surface area (Å²) in [6.07, 6.45) is 3.57. The summed E-state index contributed by atoms with van der Waals surface area (Å²) >= 11 is 2.13. The number of rotatable bonds is 5. The summed E-state index contributed by atoms with van der Waals surface area (Å²) in [5.74, 6) is 2.63. The van der Waals surface area contributed by atoms with Crippen molar-refractivity contribution >= 4 is 28.5 Å². The van der Waals surface area contributed by atoms with Crippen LogP contribution in [0.4, 0.5) is 0 Å². The third-order valence-corrected chi connectivity index (χ3v) is 3.84. The highest BCUT2D eigenvalue weighted by molar-refractivity contribution is 14.1. The number of ether oxygens (including phenoxy) is 2. The quantitative estimate of drug-likeness (QED) is 0.273. The third-order valence-electron chi connectivity index (χ3n) is 3.48. The molecule has 26 heavy (non-hydrogen) atoms. The van der Waals surface area contributed by atoms with E-state index in [2.05, 4.69) is 32.6 Å². The van der Waals surface area contributed by atoms with Gasteiger partial charge in [0.05, 0.1) is 5.69 Å². The third kappa shape index (κ3) is 4.92. The molecule has 0 amide bonds. The van der Waals surface area contributed by atoms with Crippen molar-refractivity contribution in [3.05, 3.63) is 83.1 Å². The van der Waals surface area contributed by atoms with Crippen LogP contribution in [0, 0.1) is 0 Å². The average molecular weight is 456 g/mol. The van der Waals surface area contributed by atoms with Gasteiger partial charge >= 0.3 is 0 Å². The van der Waals surface area contributed by atoms with E-state index in [1.165, 1.54) is 0 Å². The molecule has 0 saturated heterocycles. The van der Waals surface area contributed by atoms with Gasteiger partial charge in [0.25, 0.3) is 0 Å². The lowest BCUT2D eigenvalue weighted by Gasteiger charge is -2.10. The maximum atomic E-state index is 5.99. The second kappa shape index (κ2) is 9.15. The number of aliphatic imine (C=N–C) groups is 1. The Kier molecular flexibility index (Phi) is 6.38. The summed E-state index contributed by atoms with van der Waals surface area (Å²) in [6.45, 7) is 0. The fraction of sp³-hybridized carbons (Fsp3) is 0.0476. The summed E-state index contributed by atoms with van der Waals surface area (Å²) < 4.78 is 13.6. The first kappa shape index (κ1) is 18.1. The smallest absolute Gasteiger partial charge is 0.214 e. The topological polar surface area (TPSA) is 43.7 Å². The molecule has 0 unspecified atom stereocenters. The Morgan fingerprint density at radius 3 is 2.46 bits per heavy atom. The monoisotopic (exact) mass is 456 g/mol. The summed E-state index contributed by atoms with van der Waals surface area (Å²) in [7, 11) is 1.69. The molecule has 0 fully saturated rings. The van der Waals surface area contributed by atoms with Crippen molar-refractivity contribution in [3.8, 4) is 28.5 Å². The van der Waals surface area contributed by atoms with Gasteiger partial charge in [-0.3, -0.25) is 9.98 Å². The second-order valence-electron chi connectivity index (χ2n) is 5.28. The van der Waals surface area contributed by atoms with Gasteiger partial charge in [0.1, 0.15) is 17.2 Å². The second-order valence-corrected chi connectivity index (χ2v) is 6.00. The molecule has 0 saturated carbocycles. The summed E-state index contributed by atoms with van der Waals surface area (Å²) in [4.78, 5) is 8.46. The van der Waals surface area contributed by atoms with E-state index in [-0.39, 0.29) is 0 Å². The van der Waals surface area contributed by atoms with Gasteiger partial charge in [-0.2, -0.15) is 0 Å². The minimum atomic E-state index is 0.536. The van der Waals surface area contributed by atoms with E-state index < -0.39 is 0 Å². The average Bonchev–Trinajstić information content (AvgIpc) is 2.69. The van der Waals surface area contributed by atoms with Crippen molar-refractivity contribution in [1.29, 1.82) is 0 Å². The molecular formula is C21H17IN2O2. The standard InChI is InChI=1S/C21H17IN2O2/c1-23-21(11-12-22)26-19-9-5-8-18(15-19)25-17-7-4-6-16(14-17)20-10-2-3-13-24-20/h2-15H,1H3/b12-11-,23-21?. The maximum Gasteiger partial charge on any atom is 0.214 e. The molecule has 0 spiro atoms. The molecule has 0 aliphatic rings. The predicted molar refractivity (Wildman–Crippen MR) is 113 cm³/mol. The highest BCUT2D eigenvalue weighted by atomic mass is 127. The molecule has 0 aliphatic heterocycles. The molecule has 0 atom stereocenters. The zero-order chi connectivity index (χ0) is 18.2. The first-order valence-corrected chi connectivity index (χ1v) is 9.24. The lowest BCUT2D eigenvalue weighted by Crippen LogP contribution is -2.04. The lowest BCUT2D eigenvalue weighted by molar-refractivity contribution is 0.476. The zero-order valence-corrected chi connectivity index (χ0v) is 16.3. The number of nitrogens with zero attached hydrogens (tertiary/aromatic N) is 2. The normalized spacial score (nSPS) is 11.5. The highest BCUT2D eigenvalue weighted by Gasteiger charge is 2.04. The van der Waals surface area contributed by atoms with Crippen molar-refractivity contribution in [2.45, 2.75) is 0 Å². The first-order valence-electron chi connectivity index (χ1n) is 7.99. The molecule has 5 heteroatoms. The Bertz CT molecular complexity index is 924. The number of hydrogen-bond acceptors (Lipinski definition) is 4. The highest BCUT2D eigenvalue weighted by Crippen LogP contribution is 2.28. The van der Waals surface area contributed by atoms with Gasteiger partial charge in [0.2, 0.25) is 5.90 Å². The summed E-state index contributed by atoms with van der Waals surface area (Å²) in [5.41, 5.74) is 1.91. The SMILES string of the molecule is CN=C(/C=C\I)Oc1cccc(Oc2cccc(-c3ccccn3)c2)c1. The van der Waals surface area contributed by atoms with Crippen LogP contribution in [-0.4, -0.2) is 17.9 Å². The van der Waals surface area contributed by atoms with Gasteiger partial charge in [0, 0.05) is 31.0 Å². The lowest BCUT2D eigenvalue weighted by atomic mass is 10.1. The van der Waals surface area contributed by atoms with Crippen LogP contribution >= 0.6 is 22.6 Å². The van der Waals surface area contributed by atoms with Crippen molar-refractivity contribution in [2.24, 2.45) is 4.99 Å². The van der Waals surface area contributed by atoms with Gasteiger partial charge in [-0.25, -0.2) is 0 Å². The zero-order valence-electron chi connectivity index (χ0n) is 14.2. The van der Waals surface area contributed by atoms with E-state index in [4.69, 9.17) is 9.47 Å². The Morgan fingerprint density at radius 1 is 0.962 bits per heavy atom. The van der Waals surface area contributed by atoms with E-state index in [0.29, 0.717) is 17.4 Å². The van der Waals surface area contributed by atoms with Crippen LogP contribution in [0.2, 0.25) is 0 Å². The molecule has 0 N–H and O–H groups in total. The molecule has 0 bridgehead atoms. The molecule has 0 aliphatic carbocycles. The van der Waals surface area contributed by atoms with Gasteiger partial charge in [-0.15, -0.1) is 0 Å². The fourth-order valence-electron chi connectivity index (χ4n) is 2.32. The van der Waals surface area contributed by atoms with Gasteiger partial charge in [-0.1, -0.05) is 46.9 Å². The summed E-state index contributed by atoms with van der Waals surface area (Å²) in [5, 5.41) is 0. The van der Waals surface area contributed by atoms with Crippen LogP contribution in [0.25, 0.3) is 11.3 Å². The Labute approximate surface area is 166 Å². The molecular weight excluding hydrogens is 439 g/mol. The van der Waals surface area contributed by atoms with E-state index in [1.807, 2.05) is 70.8 Å². The summed E-state index contributed by atoms with van der Waals surface area (Å²) in [6, 6.07) is 21.1. The maximum absolute atomic E-state index is 5.99. The Hall–Kier alpha value is -2.67. The first-order chi connectivity index (χ1) is 12.8. The van der Waals surface area contributed by atoms with Gasteiger partial charge in [0.15, 0.2) is 0 Å². The van der Waals surface area contributed by atoms with E-state index in [1.54, 1.807) is 19.3 Å². The largest absolute Gasteiger partial charge is 0.457 e. The Balaban J connectivity index is 1.78. The van der Waals surface area contributed by atoms with Crippen molar-refractivity contribution in [3.63, 3.8) is 0 Å². The predicted octanol–water partition coefficient (Wildman–Crippen LogP) is 5.90. The van der Waals surface area contributed by atoms with Crippen LogP contribution in [-0.2, 0) is 0 Å².